The van der Waals surface area contributed by atoms with Gasteiger partial charge in [0.05, 0.1) is 27.6 Å². The Morgan fingerprint density at radius 2 is 0.654 bits per heavy atom. The van der Waals surface area contributed by atoms with Gasteiger partial charge in [-0.2, -0.15) is 0 Å². The maximum Gasteiger partial charge on any atom is 0.145 e. The molecule has 15 rings (SSSR count). The second-order valence-electron chi connectivity index (χ2n) is 20.0. The average molecular weight is 1020 g/mol. The van der Waals surface area contributed by atoms with Crippen LogP contribution in [0.15, 0.2) is 299 Å². The first kappa shape index (κ1) is 45.6. The van der Waals surface area contributed by atoms with Crippen molar-refractivity contribution in [2.24, 2.45) is 0 Å². The number of benzene rings is 12. The Kier molecular flexibility index (Phi) is 10.8. The molecule has 0 atom stereocenters. The second-order valence-corrected chi connectivity index (χ2v) is 20.5. The van der Waals surface area contributed by atoms with Gasteiger partial charge in [0.15, 0.2) is 0 Å². The standard InChI is InChI=1S/C73H48N2O2S/c78-66-37-21-18-34-59(66)73(52-26-10-3-11-27-52)60-46-62(74(53-28-12-4-13-29-53)55-42-38-50(39-43-55)48-22-6-1-7-23-48)67-57-32-16-19-35-64(57)76-71(67)69(60)70-61(73)47-63(68-58-33-17-20-36-65(58)77-72(68)70)75(54-30-14-5-15-31-54)56-44-40-51(41-45-56)49-24-8-2-9-25-49/h1-47,78H. The Morgan fingerprint density at radius 1 is 0.308 bits per heavy atom. The van der Waals surface area contributed by atoms with Gasteiger partial charge in [-0.3, -0.25) is 0 Å². The van der Waals surface area contributed by atoms with Crippen molar-refractivity contribution in [1.82, 2.24) is 0 Å². The zero-order valence-electron chi connectivity index (χ0n) is 42.3. The van der Waals surface area contributed by atoms with E-state index in [1.54, 1.807) is 0 Å². The molecular weight excluding hydrogens is 969 g/mol. The minimum absolute atomic E-state index is 0.784. The highest BCUT2D eigenvalue weighted by atomic mass is 32.1. The van der Waals surface area contributed by atoms with E-state index in [4.69, 9.17) is 21.5 Å². The summed E-state index contributed by atoms with van der Waals surface area (Å²) >= 11 is 5.46. The van der Waals surface area contributed by atoms with Crippen LogP contribution in [0.1, 0.15) is 22.3 Å². The van der Waals surface area contributed by atoms with Gasteiger partial charge in [-0.05, 0) is 123 Å². The highest BCUT2D eigenvalue weighted by Crippen LogP contribution is 2.65. The van der Waals surface area contributed by atoms with Gasteiger partial charge in [-0.15, -0.1) is 12.6 Å². The summed E-state index contributed by atoms with van der Waals surface area (Å²) in [7, 11) is 0. The fourth-order valence-electron chi connectivity index (χ4n) is 12.5. The molecule has 78 heavy (non-hydrogen) atoms. The van der Waals surface area contributed by atoms with Crippen molar-refractivity contribution in [3.63, 3.8) is 0 Å². The number of furan rings is 2. The van der Waals surface area contributed by atoms with Gasteiger partial charge < -0.3 is 18.6 Å². The Hall–Kier alpha value is -9.81. The number of rotatable bonds is 10. The third kappa shape index (κ3) is 7.09. The van der Waals surface area contributed by atoms with Crippen molar-refractivity contribution in [3.8, 4) is 33.4 Å². The van der Waals surface area contributed by atoms with Crippen molar-refractivity contribution >= 4 is 90.6 Å². The third-order valence-corrected chi connectivity index (χ3v) is 16.2. The van der Waals surface area contributed by atoms with Gasteiger partial charge in [0.1, 0.15) is 22.3 Å². The number of thiol groups is 1. The van der Waals surface area contributed by atoms with Crippen LogP contribution in [0.3, 0.4) is 0 Å². The van der Waals surface area contributed by atoms with E-state index >= 15 is 0 Å². The van der Waals surface area contributed by atoms with Crippen molar-refractivity contribution < 1.29 is 8.83 Å². The molecule has 5 heteroatoms. The molecule has 0 saturated heterocycles. The molecule has 0 saturated carbocycles. The summed E-state index contributed by atoms with van der Waals surface area (Å²) in [6, 6.07) is 102. The lowest BCUT2D eigenvalue weighted by Gasteiger charge is -2.36. The van der Waals surface area contributed by atoms with Crippen LogP contribution in [0, 0.1) is 0 Å². The summed E-state index contributed by atoms with van der Waals surface area (Å²) in [5.74, 6) is 0. The minimum Gasteiger partial charge on any atom is -0.455 e. The number of para-hydroxylation sites is 4. The van der Waals surface area contributed by atoms with Crippen LogP contribution in [-0.2, 0) is 5.41 Å². The lowest BCUT2D eigenvalue weighted by Crippen LogP contribution is -2.29. The molecule has 4 nitrogen and oxygen atoms in total. The first-order chi connectivity index (χ1) is 38.6. The molecule has 0 bridgehead atoms. The topological polar surface area (TPSA) is 32.8 Å². The fraction of sp³-hybridized carbons (Fsp3) is 0.0137. The van der Waals surface area contributed by atoms with Crippen molar-refractivity contribution in [2.75, 3.05) is 9.80 Å². The van der Waals surface area contributed by atoms with Crippen LogP contribution in [0.2, 0.25) is 0 Å². The lowest BCUT2D eigenvalue weighted by atomic mass is 9.67. The molecule has 1 aliphatic rings. The zero-order valence-corrected chi connectivity index (χ0v) is 43.2. The summed E-state index contributed by atoms with van der Waals surface area (Å²) in [6.45, 7) is 0. The molecule has 12 aromatic carbocycles. The average Bonchev–Trinajstić information content (AvgIpc) is 4.39. The van der Waals surface area contributed by atoms with Gasteiger partial charge in [0.25, 0.3) is 0 Å². The zero-order chi connectivity index (χ0) is 51.7. The van der Waals surface area contributed by atoms with Gasteiger partial charge in [0.2, 0.25) is 0 Å². The van der Waals surface area contributed by atoms with E-state index in [9.17, 15) is 0 Å². The molecule has 0 radical (unpaired) electrons. The predicted molar refractivity (Wildman–Crippen MR) is 326 cm³/mol. The third-order valence-electron chi connectivity index (χ3n) is 15.8. The molecule has 0 unspecified atom stereocenters. The van der Waals surface area contributed by atoms with Crippen molar-refractivity contribution in [3.05, 3.63) is 307 Å². The number of hydrogen-bond acceptors (Lipinski definition) is 5. The van der Waals surface area contributed by atoms with Crippen LogP contribution in [0.4, 0.5) is 34.1 Å². The molecule has 0 aliphatic heterocycles. The molecule has 0 N–H and O–H groups in total. The number of fused-ring (bicyclic) bond motifs is 11. The second kappa shape index (κ2) is 18.5. The van der Waals surface area contributed by atoms with Gasteiger partial charge >= 0.3 is 0 Å². The molecule has 368 valence electrons. The first-order valence-electron chi connectivity index (χ1n) is 26.5. The molecule has 0 amide bonds. The maximum atomic E-state index is 7.48. The smallest absolute Gasteiger partial charge is 0.145 e. The molecule has 1 aliphatic carbocycles. The molecule has 2 heterocycles. The predicted octanol–water partition coefficient (Wildman–Crippen LogP) is 20.4. The Bertz CT molecular complexity index is 4290. The van der Waals surface area contributed by atoms with Gasteiger partial charge in [-0.25, -0.2) is 0 Å². The van der Waals surface area contributed by atoms with E-state index in [2.05, 4.69) is 295 Å². The number of hydrogen-bond donors (Lipinski definition) is 1. The molecule has 2 aromatic heterocycles. The quantitative estimate of drug-likeness (QED) is 0.138. The Labute approximate surface area is 457 Å². The monoisotopic (exact) mass is 1020 g/mol. The molecule has 14 aromatic rings. The lowest BCUT2D eigenvalue weighted by molar-refractivity contribution is 0.665. The number of anilines is 6. The van der Waals surface area contributed by atoms with Crippen LogP contribution in [-0.4, -0.2) is 0 Å². The van der Waals surface area contributed by atoms with Crippen LogP contribution < -0.4 is 9.80 Å². The highest BCUT2D eigenvalue weighted by Gasteiger charge is 2.51. The maximum absolute atomic E-state index is 7.48. The number of nitrogens with zero attached hydrogens (tertiary/aromatic N) is 2. The van der Waals surface area contributed by atoms with Crippen LogP contribution in [0.5, 0.6) is 0 Å². The molecule has 0 fully saturated rings. The summed E-state index contributed by atoms with van der Waals surface area (Å²) in [4.78, 5) is 5.68. The highest BCUT2D eigenvalue weighted by molar-refractivity contribution is 7.80. The van der Waals surface area contributed by atoms with E-state index in [1.165, 1.54) is 0 Å². The van der Waals surface area contributed by atoms with E-state index in [0.717, 1.165) is 139 Å². The minimum atomic E-state index is -0.979. The van der Waals surface area contributed by atoms with E-state index in [0.29, 0.717) is 0 Å². The van der Waals surface area contributed by atoms with Crippen molar-refractivity contribution in [2.45, 2.75) is 10.3 Å². The summed E-state index contributed by atoms with van der Waals surface area (Å²) < 4.78 is 15.0. The summed E-state index contributed by atoms with van der Waals surface area (Å²) in [5.41, 5.74) is 19.1. The largest absolute Gasteiger partial charge is 0.455 e. The van der Waals surface area contributed by atoms with Gasteiger partial charge in [-0.1, -0.05) is 206 Å². The van der Waals surface area contributed by atoms with E-state index < -0.39 is 5.41 Å². The first-order valence-corrected chi connectivity index (χ1v) is 26.9. The molecule has 0 spiro atoms. The van der Waals surface area contributed by atoms with E-state index in [1.807, 2.05) is 0 Å². The fourth-order valence-corrected chi connectivity index (χ4v) is 12.8. The van der Waals surface area contributed by atoms with E-state index in [-0.39, 0.29) is 0 Å². The summed E-state index contributed by atoms with van der Waals surface area (Å²) in [6.07, 6.45) is 0. The Morgan fingerprint density at radius 3 is 1.09 bits per heavy atom. The Balaban J connectivity index is 1.11. The van der Waals surface area contributed by atoms with Crippen molar-refractivity contribution in [1.29, 1.82) is 0 Å². The molecular formula is C73H48N2O2S. The normalized spacial score (nSPS) is 12.5. The summed E-state index contributed by atoms with van der Waals surface area (Å²) in [5, 5.41) is 4.05. The SMILES string of the molecule is Sc1ccccc1C1(c2ccccc2)c2cc(N(c3ccccc3)c3ccc(-c4ccccc4)cc3)c3c(oc4ccccc43)c2-c2c1cc(N(c1ccccc1)c1ccc(-c3ccccc3)cc1)c1c2oc2ccccc21. The van der Waals surface area contributed by atoms with Gasteiger partial charge in [0, 0.05) is 49.5 Å². The van der Waals surface area contributed by atoms with Crippen LogP contribution in [0.25, 0.3) is 77.3 Å². The van der Waals surface area contributed by atoms with Crippen LogP contribution >= 0.6 is 12.6 Å².